The number of rotatable bonds is 5. The van der Waals surface area contributed by atoms with Crippen molar-refractivity contribution in [1.29, 1.82) is 0 Å². The Morgan fingerprint density at radius 1 is 1.55 bits per heavy atom. The molecule has 0 aromatic carbocycles. The van der Waals surface area contributed by atoms with Gasteiger partial charge in [-0.1, -0.05) is 33.3 Å². The Kier molecular flexibility index (Phi) is 4.43. The SMILES string of the molecule is C=CC(O)CCC(C)(C)CC. The first-order valence-electron chi connectivity index (χ1n) is 4.32. The van der Waals surface area contributed by atoms with Gasteiger partial charge in [-0.3, -0.25) is 0 Å². The van der Waals surface area contributed by atoms with Crippen LogP contribution in [-0.2, 0) is 0 Å². The smallest absolute Gasteiger partial charge is 0.0718 e. The van der Waals surface area contributed by atoms with Crippen LogP contribution in [0.5, 0.6) is 0 Å². The van der Waals surface area contributed by atoms with Gasteiger partial charge in [0, 0.05) is 0 Å². The fourth-order valence-electron chi connectivity index (χ4n) is 0.833. The van der Waals surface area contributed by atoms with Crippen LogP contribution in [0.2, 0.25) is 0 Å². The molecule has 0 aromatic rings. The van der Waals surface area contributed by atoms with E-state index in [4.69, 9.17) is 0 Å². The first-order valence-corrected chi connectivity index (χ1v) is 4.32. The molecule has 0 saturated heterocycles. The van der Waals surface area contributed by atoms with Crippen molar-refractivity contribution in [3.63, 3.8) is 0 Å². The zero-order valence-electron chi connectivity index (χ0n) is 7.93. The largest absolute Gasteiger partial charge is 0.389 e. The molecule has 11 heavy (non-hydrogen) atoms. The van der Waals surface area contributed by atoms with E-state index in [1.165, 1.54) is 0 Å². The van der Waals surface area contributed by atoms with Gasteiger partial charge in [0.15, 0.2) is 0 Å². The highest BCUT2D eigenvalue weighted by Crippen LogP contribution is 2.26. The van der Waals surface area contributed by atoms with Crippen LogP contribution in [0.4, 0.5) is 0 Å². The fourth-order valence-corrected chi connectivity index (χ4v) is 0.833. The zero-order chi connectivity index (χ0) is 8.91. The van der Waals surface area contributed by atoms with E-state index in [-0.39, 0.29) is 6.10 Å². The zero-order valence-corrected chi connectivity index (χ0v) is 7.93. The van der Waals surface area contributed by atoms with E-state index in [2.05, 4.69) is 27.4 Å². The average Bonchev–Trinajstić information content (AvgIpc) is 2.00. The van der Waals surface area contributed by atoms with Crippen molar-refractivity contribution in [3.8, 4) is 0 Å². The first-order chi connectivity index (χ1) is 5.02. The molecule has 1 unspecified atom stereocenters. The van der Waals surface area contributed by atoms with Crippen LogP contribution in [0.1, 0.15) is 40.0 Å². The Morgan fingerprint density at radius 3 is 2.45 bits per heavy atom. The third-order valence-electron chi connectivity index (χ3n) is 2.35. The highest BCUT2D eigenvalue weighted by atomic mass is 16.3. The van der Waals surface area contributed by atoms with Crippen molar-refractivity contribution in [2.45, 2.75) is 46.1 Å². The second kappa shape index (κ2) is 4.55. The van der Waals surface area contributed by atoms with E-state index in [0.29, 0.717) is 5.41 Å². The third kappa shape index (κ3) is 5.02. The molecule has 0 saturated carbocycles. The summed E-state index contributed by atoms with van der Waals surface area (Å²) in [5, 5.41) is 9.20. The van der Waals surface area contributed by atoms with Crippen LogP contribution >= 0.6 is 0 Å². The van der Waals surface area contributed by atoms with Crippen LogP contribution < -0.4 is 0 Å². The minimum absolute atomic E-state index is 0.319. The summed E-state index contributed by atoms with van der Waals surface area (Å²) in [5.41, 5.74) is 0.365. The van der Waals surface area contributed by atoms with Crippen molar-refractivity contribution in [3.05, 3.63) is 12.7 Å². The quantitative estimate of drug-likeness (QED) is 0.607. The van der Waals surface area contributed by atoms with E-state index in [9.17, 15) is 5.11 Å². The number of aliphatic hydroxyl groups excluding tert-OH is 1. The van der Waals surface area contributed by atoms with E-state index in [0.717, 1.165) is 19.3 Å². The Hall–Kier alpha value is -0.300. The molecular weight excluding hydrogens is 136 g/mol. The molecule has 0 aliphatic heterocycles. The van der Waals surface area contributed by atoms with E-state index in [1.807, 2.05) is 0 Å². The van der Waals surface area contributed by atoms with Crippen molar-refractivity contribution in [1.82, 2.24) is 0 Å². The Balaban J connectivity index is 3.60. The molecule has 0 bridgehead atoms. The van der Waals surface area contributed by atoms with E-state index < -0.39 is 0 Å². The molecule has 0 aliphatic carbocycles. The molecular formula is C10H20O. The van der Waals surface area contributed by atoms with Crippen LogP contribution in [0, 0.1) is 5.41 Å². The van der Waals surface area contributed by atoms with Gasteiger partial charge in [0.2, 0.25) is 0 Å². The van der Waals surface area contributed by atoms with Crippen LogP contribution in [0.3, 0.4) is 0 Å². The maximum atomic E-state index is 9.20. The van der Waals surface area contributed by atoms with Crippen molar-refractivity contribution < 1.29 is 5.11 Å². The summed E-state index contributed by atoms with van der Waals surface area (Å²) in [6.45, 7) is 10.2. The topological polar surface area (TPSA) is 20.2 Å². The molecule has 0 rings (SSSR count). The lowest BCUT2D eigenvalue weighted by Gasteiger charge is -2.22. The molecule has 0 heterocycles. The van der Waals surface area contributed by atoms with Gasteiger partial charge in [0.05, 0.1) is 6.10 Å². The normalized spacial score (nSPS) is 14.5. The molecule has 0 aliphatic rings. The number of hydrogen-bond donors (Lipinski definition) is 1. The van der Waals surface area contributed by atoms with Gasteiger partial charge < -0.3 is 5.11 Å². The second-order valence-corrected chi connectivity index (χ2v) is 3.86. The molecule has 0 spiro atoms. The van der Waals surface area contributed by atoms with E-state index in [1.54, 1.807) is 6.08 Å². The Labute approximate surface area is 70.1 Å². The molecule has 1 nitrogen and oxygen atoms in total. The molecule has 1 atom stereocenters. The minimum Gasteiger partial charge on any atom is -0.389 e. The summed E-state index contributed by atoms with van der Waals surface area (Å²) < 4.78 is 0. The summed E-state index contributed by atoms with van der Waals surface area (Å²) in [5.74, 6) is 0. The summed E-state index contributed by atoms with van der Waals surface area (Å²) in [6.07, 6.45) is 4.35. The molecule has 0 radical (unpaired) electrons. The molecule has 0 fully saturated rings. The summed E-state index contributed by atoms with van der Waals surface area (Å²) in [7, 11) is 0. The molecule has 0 amide bonds. The molecule has 0 aromatic heterocycles. The minimum atomic E-state index is -0.319. The van der Waals surface area contributed by atoms with Gasteiger partial charge >= 0.3 is 0 Å². The van der Waals surface area contributed by atoms with Gasteiger partial charge in [0.1, 0.15) is 0 Å². The summed E-state index contributed by atoms with van der Waals surface area (Å²) >= 11 is 0. The van der Waals surface area contributed by atoms with Gasteiger partial charge in [0.25, 0.3) is 0 Å². The standard InChI is InChI=1S/C10H20O/c1-5-9(11)7-8-10(3,4)6-2/h5,9,11H,1,6-8H2,2-4H3. The van der Waals surface area contributed by atoms with Crippen LogP contribution in [-0.4, -0.2) is 11.2 Å². The van der Waals surface area contributed by atoms with Crippen LogP contribution in [0.15, 0.2) is 12.7 Å². The molecule has 66 valence electrons. The number of aliphatic hydroxyl groups is 1. The summed E-state index contributed by atoms with van der Waals surface area (Å²) in [6, 6.07) is 0. The Morgan fingerprint density at radius 2 is 2.09 bits per heavy atom. The lowest BCUT2D eigenvalue weighted by atomic mass is 9.84. The van der Waals surface area contributed by atoms with Crippen molar-refractivity contribution >= 4 is 0 Å². The van der Waals surface area contributed by atoms with Crippen LogP contribution in [0.25, 0.3) is 0 Å². The summed E-state index contributed by atoms with van der Waals surface area (Å²) in [4.78, 5) is 0. The predicted octanol–water partition coefficient (Wildman–Crippen LogP) is 2.75. The molecule has 1 N–H and O–H groups in total. The lowest BCUT2D eigenvalue weighted by molar-refractivity contribution is 0.181. The average molecular weight is 156 g/mol. The van der Waals surface area contributed by atoms with Crippen molar-refractivity contribution in [2.24, 2.45) is 5.41 Å². The van der Waals surface area contributed by atoms with Gasteiger partial charge in [-0.05, 0) is 18.3 Å². The van der Waals surface area contributed by atoms with Gasteiger partial charge in [-0.25, -0.2) is 0 Å². The van der Waals surface area contributed by atoms with Gasteiger partial charge in [-0.15, -0.1) is 6.58 Å². The van der Waals surface area contributed by atoms with Gasteiger partial charge in [-0.2, -0.15) is 0 Å². The fraction of sp³-hybridized carbons (Fsp3) is 0.800. The van der Waals surface area contributed by atoms with Crippen molar-refractivity contribution in [2.75, 3.05) is 0 Å². The number of hydrogen-bond acceptors (Lipinski definition) is 1. The maximum absolute atomic E-state index is 9.20. The van der Waals surface area contributed by atoms with E-state index >= 15 is 0 Å². The first kappa shape index (κ1) is 10.7. The maximum Gasteiger partial charge on any atom is 0.0718 e. The highest BCUT2D eigenvalue weighted by Gasteiger charge is 2.15. The lowest BCUT2D eigenvalue weighted by Crippen LogP contribution is -2.13. The monoisotopic (exact) mass is 156 g/mol. The third-order valence-corrected chi connectivity index (χ3v) is 2.35. The highest BCUT2D eigenvalue weighted by molar-refractivity contribution is 4.80. The predicted molar refractivity (Wildman–Crippen MR) is 49.5 cm³/mol. The molecule has 1 heteroatoms. The second-order valence-electron chi connectivity index (χ2n) is 3.86. The Bertz CT molecular complexity index is 116.